The average molecular weight is 408 g/mol. The maximum Gasteiger partial charge on any atom is 0.312 e. The first-order chi connectivity index (χ1) is 13.2. The molecule has 8 heteroatoms. The molecule has 0 saturated carbocycles. The molecule has 1 aromatic rings. The third-order valence-corrected chi connectivity index (χ3v) is 7.67. The van der Waals surface area contributed by atoms with Crippen LogP contribution in [0.15, 0.2) is 18.2 Å². The number of carbonyl (C=O) groups excluding carboxylic acids is 2. The minimum Gasteiger partial charge on any atom is -0.368 e. The first-order valence-corrected chi connectivity index (χ1v) is 11.7. The normalized spacial score (nSPS) is 21.6. The Morgan fingerprint density at radius 3 is 2.39 bits per heavy atom. The smallest absolute Gasteiger partial charge is 0.312 e. The summed E-state index contributed by atoms with van der Waals surface area (Å²) in [7, 11) is -3.11. The van der Waals surface area contributed by atoms with Gasteiger partial charge >= 0.3 is 11.8 Å². The molecule has 0 bridgehead atoms. The van der Waals surface area contributed by atoms with E-state index in [1.807, 2.05) is 6.07 Å². The number of amides is 2. The molecule has 2 saturated heterocycles. The summed E-state index contributed by atoms with van der Waals surface area (Å²) in [5.41, 5.74) is 3.64. The fourth-order valence-electron chi connectivity index (χ4n) is 4.08. The van der Waals surface area contributed by atoms with Gasteiger partial charge in [0.05, 0.1) is 11.5 Å². The number of anilines is 1. The van der Waals surface area contributed by atoms with E-state index in [4.69, 9.17) is 0 Å². The maximum atomic E-state index is 12.7. The Bertz CT molecular complexity index is 860. The van der Waals surface area contributed by atoms with Crippen molar-refractivity contribution in [2.45, 2.75) is 33.2 Å². The Hall–Kier alpha value is -2.09. The number of likely N-dealkylation sites (N-methyl/N-ethyl adjacent to an activating group) is 1. The van der Waals surface area contributed by atoms with E-state index in [9.17, 15) is 18.0 Å². The molecule has 3 rings (SSSR count). The Balaban J connectivity index is 1.62. The number of aryl methyl sites for hydroxylation is 1. The molecule has 2 fully saturated rings. The molecule has 0 aliphatic carbocycles. The molecule has 154 valence electrons. The molecule has 2 heterocycles. The van der Waals surface area contributed by atoms with E-state index in [1.165, 1.54) is 21.7 Å². The van der Waals surface area contributed by atoms with E-state index < -0.39 is 21.7 Å². The largest absolute Gasteiger partial charge is 0.368 e. The highest BCUT2D eigenvalue weighted by Gasteiger charge is 2.37. The molecule has 2 aliphatic heterocycles. The summed E-state index contributed by atoms with van der Waals surface area (Å²) >= 11 is 0. The highest BCUT2D eigenvalue weighted by atomic mass is 32.2. The number of carbonyl (C=O) groups is 2. The van der Waals surface area contributed by atoms with Crippen LogP contribution in [0, 0.1) is 13.8 Å². The second-order valence-electron chi connectivity index (χ2n) is 7.65. The zero-order valence-corrected chi connectivity index (χ0v) is 17.7. The fourth-order valence-corrected chi connectivity index (χ4v) is 5.81. The summed E-state index contributed by atoms with van der Waals surface area (Å²) in [6.45, 7) is 8.62. The lowest BCUT2D eigenvalue weighted by molar-refractivity contribution is -0.153. The fraction of sp³-hybridized carbons (Fsp3) is 0.600. The van der Waals surface area contributed by atoms with Crippen molar-refractivity contribution in [3.8, 4) is 0 Å². The quantitative estimate of drug-likeness (QED) is 0.699. The molecule has 0 aromatic heterocycles. The van der Waals surface area contributed by atoms with Crippen molar-refractivity contribution in [2.24, 2.45) is 0 Å². The van der Waals surface area contributed by atoms with Crippen LogP contribution in [0.4, 0.5) is 5.69 Å². The van der Waals surface area contributed by atoms with Crippen LogP contribution in [-0.2, 0) is 19.4 Å². The topological polar surface area (TPSA) is 78.0 Å². The summed E-state index contributed by atoms with van der Waals surface area (Å²) < 4.78 is 23.5. The van der Waals surface area contributed by atoms with Crippen LogP contribution in [-0.4, -0.2) is 80.3 Å². The van der Waals surface area contributed by atoms with E-state index in [1.54, 1.807) is 11.8 Å². The Morgan fingerprint density at radius 1 is 1.14 bits per heavy atom. The van der Waals surface area contributed by atoms with Gasteiger partial charge < -0.3 is 14.7 Å². The molecule has 2 amide bonds. The Kier molecular flexibility index (Phi) is 5.98. The number of piperazine rings is 1. The first-order valence-electron chi connectivity index (χ1n) is 9.85. The lowest BCUT2D eigenvalue weighted by atomic mass is 10.1. The molecule has 0 N–H and O–H groups in total. The van der Waals surface area contributed by atoms with Gasteiger partial charge in [-0.3, -0.25) is 9.59 Å². The lowest BCUT2D eigenvalue weighted by Gasteiger charge is -2.37. The van der Waals surface area contributed by atoms with Crippen molar-refractivity contribution in [1.82, 2.24) is 9.80 Å². The predicted molar refractivity (Wildman–Crippen MR) is 109 cm³/mol. The average Bonchev–Trinajstić information content (AvgIpc) is 3.03. The van der Waals surface area contributed by atoms with Gasteiger partial charge in [-0.25, -0.2) is 8.42 Å². The molecule has 1 unspecified atom stereocenters. The lowest BCUT2D eigenvalue weighted by Crippen LogP contribution is -2.55. The van der Waals surface area contributed by atoms with Crippen LogP contribution >= 0.6 is 0 Å². The highest BCUT2D eigenvalue weighted by Crippen LogP contribution is 2.24. The number of hydrogen-bond donors (Lipinski definition) is 0. The zero-order chi connectivity index (χ0) is 20.5. The third kappa shape index (κ3) is 4.16. The van der Waals surface area contributed by atoms with Gasteiger partial charge in [0, 0.05) is 44.5 Å². The summed E-state index contributed by atoms with van der Waals surface area (Å²) in [5.74, 6) is -1.05. The van der Waals surface area contributed by atoms with Gasteiger partial charge in [-0.1, -0.05) is 12.1 Å². The van der Waals surface area contributed by atoms with Crippen LogP contribution in [0.25, 0.3) is 0 Å². The van der Waals surface area contributed by atoms with Crippen molar-refractivity contribution >= 4 is 27.3 Å². The van der Waals surface area contributed by atoms with Crippen molar-refractivity contribution < 1.29 is 18.0 Å². The van der Waals surface area contributed by atoms with Crippen LogP contribution in [0.3, 0.4) is 0 Å². The highest BCUT2D eigenvalue weighted by molar-refractivity contribution is 7.91. The first kappa shape index (κ1) is 20.6. The standard InChI is InChI=1S/C20H29N3O4S/c1-4-23(17-8-13-28(26,27)14-17)20(25)19(24)22-11-9-21(10-12-22)18-7-5-6-15(2)16(18)3/h5-7,17H,4,8-14H2,1-3H3. The molecule has 1 atom stereocenters. The van der Waals surface area contributed by atoms with E-state index in [0.29, 0.717) is 39.1 Å². The van der Waals surface area contributed by atoms with Gasteiger partial charge in [-0.15, -0.1) is 0 Å². The molecule has 0 spiro atoms. The van der Waals surface area contributed by atoms with E-state index >= 15 is 0 Å². The van der Waals surface area contributed by atoms with E-state index in [0.717, 1.165) is 0 Å². The van der Waals surface area contributed by atoms with E-state index in [2.05, 4.69) is 30.9 Å². The number of nitrogens with zero attached hydrogens (tertiary/aromatic N) is 3. The summed E-state index contributed by atoms with van der Waals surface area (Å²) in [5, 5.41) is 0. The van der Waals surface area contributed by atoms with Gasteiger partial charge in [0.2, 0.25) is 0 Å². The second kappa shape index (κ2) is 8.11. The number of sulfone groups is 1. The van der Waals surface area contributed by atoms with Crippen molar-refractivity contribution in [3.05, 3.63) is 29.3 Å². The molecule has 2 aliphatic rings. The Labute approximate surface area is 167 Å². The van der Waals surface area contributed by atoms with Crippen molar-refractivity contribution in [1.29, 1.82) is 0 Å². The summed E-state index contributed by atoms with van der Waals surface area (Å²) in [6, 6.07) is 5.82. The van der Waals surface area contributed by atoms with Crippen LogP contribution in [0.1, 0.15) is 24.5 Å². The van der Waals surface area contributed by atoms with Crippen molar-refractivity contribution in [2.75, 3.05) is 49.1 Å². The molecule has 1 aromatic carbocycles. The van der Waals surface area contributed by atoms with Crippen LogP contribution < -0.4 is 4.90 Å². The SMILES string of the molecule is CCN(C(=O)C(=O)N1CCN(c2cccc(C)c2C)CC1)C1CCS(=O)(=O)C1. The van der Waals surface area contributed by atoms with Gasteiger partial charge in [0.1, 0.15) is 0 Å². The van der Waals surface area contributed by atoms with Crippen LogP contribution in [0.5, 0.6) is 0 Å². The zero-order valence-electron chi connectivity index (χ0n) is 16.8. The molecule has 7 nitrogen and oxygen atoms in total. The van der Waals surface area contributed by atoms with Gasteiger partial charge in [0.15, 0.2) is 9.84 Å². The monoisotopic (exact) mass is 407 g/mol. The second-order valence-corrected chi connectivity index (χ2v) is 9.88. The van der Waals surface area contributed by atoms with Gasteiger partial charge in [-0.05, 0) is 44.4 Å². The number of hydrogen-bond acceptors (Lipinski definition) is 5. The minimum absolute atomic E-state index is 0.0414. The molecular weight excluding hydrogens is 378 g/mol. The molecule has 28 heavy (non-hydrogen) atoms. The third-order valence-electron chi connectivity index (χ3n) is 5.92. The molecular formula is C20H29N3O4S. The number of rotatable bonds is 3. The van der Waals surface area contributed by atoms with Gasteiger partial charge in [0.25, 0.3) is 0 Å². The Morgan fingerprint density at radius 2 is 1.82 bits per heavy atom. The van der Waals surface area contributed by atoms with Crippen molar-refractivity contribution in [3.63, 3.8) is 0 Å². The van der Waals surface area contributed by atoms with Crippen LogP contribution in [0.2, 0.25) is 0 Å². The van der Waals surface area contributed by atoms with E-state index in [-0.39, 0.29) is 17.5 Å². The number of benzene rings is 1. The summed E-state index contributed by atoms with van der Waals surface area (Å²) in [4.78, 5) is 30.8. The molecule has 0 radical (unpaired) electrons. The predicted octanol–water partition coefficient (Wildman–Crippen LogP) is 0.988. The maximum absolute atomic E-state index is 12.7. The summed E-state index contributed by atoms with van der Waals surface area (Å²) in [6.07, 6.45) is 0.412. The minimum atomic E-state index is -3.11. The van der Waals surface area contributed by atoms with Gasteiger partial charge in [-0.2, -0.15) is 0 Å².